The van der Waals surface area contributed by atoms with E-state index in [2.05, 4.69) is 4.18 Å². The van der Waals surface area contributed by atoms with Gasteiger partial charge in [0, 0.05) is 17.8 Å². The summed E-state index contributed by atoms with van der Waals surface area (Å²) in [6.45, 7) is -0.168. The number of rotatable bonds is 4. The van der Waals surface area contributed by atoms with Gasteiger partial charge in [-0.2, -0.15) is 8.42 Å². The molecule has 1 atom stereocenters. The molecule has 1 unspecified atom stereocenters. The number of hydrogen-bond acceptors (Lipinski definition) is 5. The van der Waals surface area contributed by atoms with Crippen LogP contribution in [0.5, 0.6) is 5.75 Å². The predicted octanol–water partition coefficient (Wildman–Crippen LogP) is 1.93. The highest BCUT2D eigenvalue weighted by atomic mass is 32.2. The van der Waals surface area contributed by atoms with Crippen molar-refractivity contribution < 1.29 is 17.3 Å². The SMILES string of the molecule is CS(=O)(=O)OCc1ccn(C2C=Cc3ccccc3O2)c(=O)c1. The zero-order valence-electron chi connectivity index (χ0n) is 12.4. The highest BCUT2D eigenvalue weighted by molar-refractivity contribution is 7.85. The van der Waals surface area contributed by atoms with Gasteiger partial charge in [0.1, 0.15) is 5.75 Å². The van der Waals surface area contributed by atoms with Gasteiger partial charge in [-0.3, -0.25) is 13.5 Å². The summed E-state index contributed by atoms with van der Waals surface area (Å²) in [5.74, 6) is 0.705. The maximum atomic E-state index is 12.2. The molecule has 1 aliphatic rings. The number of para-hydroxylation sites is 1. The van der Waals surface area contributed by atoms with E-state index in [9.17, 15) is 13.2 Å². The van der Waals surface area contributed by atoms with Crippen molar-refractivity contribution in [1.82, 2.24) is 4.57 Å². The van der Waals surface area contributed by atoms with Gasteiger partial charge in [-0.05, 0) is 29.8 Å². The molecule has 2 heterocycles. The van der Waals surface area contributed by atoms with Gasteiger partial charge in [-0.25, -0.2) is 0 Å². The highest BCUT2D eigenvalue weighted by Crippen LogP contribution is 2.28. The van der Waals surface area contributed by atoms with E-state index in [0.717, 1.165) is 11.8 Å². The molecule has 0 amide bonds. The van der Waals surface area contributed by atoms with Crippen LogP contribution in [0.2, 0.25) is 0 Å². The lowest BCUT2D eigenvalue weighted by Gasteiger charge is -2.23. The van der Waals surface area contributed by atoms with Crippen molar-refractivity contribution in [3.05, 3.63) is 70.2 Å². The topological polar surface area (TPSA) is 74.6 Å². The second kappa shape index (κ2) is 6.02. The molecule has 0 aliphatic carbocycles. The first-order valence-corrected chi connectivity index (χ1v) is 8.73. The Labute approximate surface area is 133 Å². The fourth-order valence-corrected chi connectivity index (χ4v) is 2.59. The molecule has 2 aromatic rings. The third-order valence-corrected chi connectivity index (χ3v) is 3.88. The number of nitrogens with zero attached hydrogens (tertiary/aromatic N) is 1. The molecule has 120 valence electrons. The summed E-state index contributed by atoms with van der Waals surface area (Å²) in [6, 6.07) is 10.5. The van der Waals surface area contributed by atoms with Crippen LogP contribution in [-0.4, -0.2) is 19.2 Å². The molecule has 0 radical (unpaired) electrons. The van der Waals surface area contributed by atoms with E-state index in [-0.39, 0.29) is 12.2 Å². The van der Waals surface area contributed by atoms with Crippen LogP contribution in [0.1, 0.15) is 17.4 Å². The number of pyridine rings is 1. The molecule has 1 aromatic carbocycles. The Morgan fingerprint density at radius 3 is 2.78 bits per heavy atom. The summed E-state index contributed by atoms with van der Waals surface area (Å²) in [5.41, 5.74) is 1.14. The van der Waals surface area contributed by atoms with Gasteiger partial charge in [0.15, 0.2) is 6.23 Å². The van der Waals surface area contributed by atoms with E-state index >= 15 is 0 Å². The smallest absolute Gasteiger partial charge is 0.264 e. The average molecular weight is 333 g/mol. The van der Waals surface area contributed by atoms with Crippen molar-refractivity contribution in [2.75, 3.05) is 6.26 Å². The molecular weight excluding hydrogens is 318 g/mol. The van der Waals surface area contributed by atoms with E-state index in [1.165, 1.54) is 10.6 Å². The number of aromatic nitrogens is 1. The molecule has 0 saturated heterocycles. The minimum absolute atomic E-state index is 0.168. The van der Waals surface area contributed by atoms with E-state index < -0.39 is 16.3 Å². The summed E-state index contributed by atoms with van der Waals surface area (Å²) in [4.78, 5) is 12.2. The number of fused-ring (bicyclic) bond motifs is 1. The summed E-state index contributed by atoms with van der Waals surface area (Å²) >= 11 is 0. The zero-order valence-corrected chi connectivity index (χ0v) is 13.2. The number of hydrogen-bond donors (Lipinski definition) is 0. The van der Waals surface area contributed by atoms with Crippen molar-refractivity contribution in [3.8, 4) is 5.75 Å². The molecule has 0 fully saturated rings. The van der Waals surface area contributed by atoms with E-state index in [1.54, 1.807) is 18.3 Å². The van der Waals surface area contributed by atoms with Crippen molar-refractivity contribution in [2.24, 2.45) is 0 Å². The lowest BCUT2D eigenvalue weighted by atomic mass is 10.1. The fourth-order valence-electron chi connectivity index (χ4n) is 2.24. The summed E-state index contributed by atoms with van der Waals surface area (Å²) in [7, 11) is -3.54. The first-order valence-electron chi connectivity index (χ1n) is 6.92. The van der Waals surface area contributed by atoms with E-state index in [0.29, 0.717) is 11.3 Å². The lowest BCUT2D eigenvalue weighted by Crippen LogP contribution is -2.27. The van der Waals surface area contributed by atoms with E-state index in [1.807, 2.05) is 30.3 Å². The Kier molecular flexibility index (Phi) is 4.06. The third-order valence-electron chi connectivity index (χ3n) is 3.33. The molecular formula is C16H15NO5S. The van der Waals surface area contributed by atoms with Crippen LogP contribution in [-0.2, 0) is 20.9 Å². The molecule has 23 heavy (non-hydrogen) atoms. The summed E-state index contributed by atoms with van der Waals surface area (Å²) in [5, 5.41) is 0. The quantitative estimate of drug-likeness (QED) is 0.799. The van der Waals surface area contributed by atoms with Gasteiger partial charge >= 0.3 is 0 Å². The molecule has 0 spiro atoms. The number of benzene rings is 1. The monoisotopic (exact) mass is 333 g/mol. The molecule has 0 N–H and O–H groups in total. The molecule has 7 heteroatoms. The lowest BCUT2D eigenvalue weighted by molar-refractivity contribution is 0.174. The minimum Gasteiger partial charge on any atom is -0.466 e. The Balaban J connectivity index is 1.81. The fraction of sp³-hybridized carbons (Fsp3) is 0.188. The molecule has 1 aromatic heterocycles. The average Bonchev–Trinajstić information content (AvgIpc) is 2.52. The standard InChI is InChI=1S/C16H15NO5S/c1-23(19,20)21-11-12-8-9-17(15(18)10-12)16-7-6-13-4-2-3-5-14(13)22-16/h2-10,16H,11H2,1H3. The highest BCUT2D eigenvalue weighted by Gasteiger charge is 2.16. The zero-order chi connectivity index (χ0) is 16.4. The van der Waals surface area contributed by atoms with Crippen LogP contribution in [0, 0.1) is 0 Å². The van der Waals surface area contributed by atoms with Crippen molar-refractivity contribution in [3.63, 3.8) is 0 Å². The normalized spacial score (nSPS) is 16.7. The Morgan fingerprint density at radius 2 is 2.04 bits per heavy atom. The van der Waals surface area contributed by atoms with Crippen LogP contribution >= 0.6 is 0 Å². The maximum Gasteiger partial charge on any atom is 0.264 e. The third kappa shape index (κ3) is 3.69. The molecule has 3 rings (SSSR count). The summed E-state index contributed by atoms with van der Waals surface area (Å²) in [6.07, 6.45) is 5.67. The second-order valence-electron chi connectivity index (χ2n) is 5.15. The van der Waals surface area contributed by atoms with Crippen LogP contribution in [0.4, 0.5) is 0 Å². The number of ether oxygens (including phenoxy) is 1. The van der Waals surface area contributed by atoms with Gasteiger partial charge in [0.05, 0.1) is 12.9 Å². The largest absolute Gasteiger partial charge is 0.466 e. The molecule has 0 bridgehead atoms. The van der Waals surface area contributed by atoms with Crippen molar-refractivity contribution in [2.45, 2.75) is 12.8 Å². The molecule has 0 saturated carbocycles. The van der Waals surface area contributed by atoms with E-state index in [4.69, 9.17) is 4.74 Å². The van der Waals surface area contributed by atoms with Crippen molar-refractivity contribution in [1.29, 1.82) is 0 Å². The van der Waals surface area contributed by atoms with Crippen LogP contribution in [0.15, 0.2) is 53.5 Å². The van der Waals surface area contributed by atoms with Gasteiger partial charge in [-0.15, -0.1) is 0 Å². The van der Waals surface area contributed by atoms with Gasteiger partial charge < -0.3 is 4.74 Å². The Hall–Kier alpha value is -2.38. The van der Waals surface area contributed by atoms with Crippen LogP contribution in [0.3, 0.4) is 0 Å². The molecule has 1 aliphatic heterocycles. The Bertz CT molecular complexity index is 914. The van der Waals surface area contributed by atoms with Crippen LogP contribution in [0.25, 0.3) is 6.08 Å². The predicted molar refractivity (Wildman–Crippen MR) is 85.5 cm³/mol. The first kappa shape index (κ1) is 15.5. The van der Waals surface area contributed by atoms with Gasteiger partial charge in [0.25, 0.3) is 15.7 Å². The first-order chi connectivity index (χ1) is 10.9. The van der Waals surface area contributed by atoms with Gasteiger partial charge in [0.2, 0.25) is 0 Å². The molecule has 6 nitrogen and oxygen atoms in total. The van der Waals surface area contributed by atoms with Crippen LogP contribution < -0.4 is 10.3 Å². The summed E-state index contributed by atoms with van der Waals surface area (Å²) < 4.78 is 33.9. The second-order valence-corrected chi connectivity index (χ2v) is 6.80. The minimum atomic E-state index is -3.54. The Morgan fingerprint density at radius 1 is 1.26 bits per heavy atom. The van der Waals surface area contributed by atoms with Crippen molar-refractivity contribution >= 4 is 16.2 Å². The van der Waals surface area contributed by atoms with Gasteiger partial charge in [-0.1, -0.05) is 18.2 Å². The maximum absolute atomic E-state index is 12.2.